The molecule has 0 radical (unpaired) electrons. The molecule has 26 heavy (non-hydrogen) atoms. The molecule has 3 rings (SSSR count). The molecule has 2 aromatic carbocycles. The summed E-state index contributed by atoms with van der Waals surface area (Å²) in [5.74, 6) is -2.44. The van der Waals surface area contributed by atoms with Crippen molar-refractivity contribution in [3.8, 4) is 5.69 Å². The Morgan fingerprint density at radius 2 is 1.96 bits per heavy atom. The van der Waals surface area contributed by atoms with Crippen LogP contribution in [0, 0.1) is 0 Å². The van der Waals surface area contributed by atoms with E-state index in [0.717, 1.165) is 0 Å². The molecule has 0 aliphatic heterocycles. The van der Waals surface area contributed by atoms with Crippen molar-refractivity contribution >= 4 is 29.2 Å². The number of anilines is 1. The molecule has 0 fully saturated rings. The molecule has 1 atom stereocenters. The number of nitrogens with zero attached hydrogens (tertiary/aromatic N) is 3. The molecule has 2 N–H and O–H groups in total. The lowest BCUT2D eigenvalue weighted by Gasteiger charge is -2.15. The molecule has 0 aliphatic carbocycles. The normalized spacial score (nSPS) is 11.7. The number of amides is 1. The molecule has 1 amide bonds. The Balaban J connectivity index is 1.82. The van der Waals surface area contributed by atoms with E-state index in [2.05, 4.69) is 15.4 Å². The lowest BCUT2D eigenvalue weighted by Crippen LogP contribution is -2.21. The summed E-state index contributed by atoms with van der Waals surface area (Å²) < 4.78 is 1.48. The molecule has 1 aromatic heterocycles. The molecule has 0 aliphatic rings. The number of benzene rings is 2. The van der Waals surface area contributed by atoms with Gasteiger partial charge in [-0.15, -0.1) is 0 Å². The van der Waals surface area contributed by atoms with Gasteiger partial charge in [-0.05, 0) is 23.8 Å². The van der Waals surface area contributed by atoms with E-state index in [4.69, 9.17) is 11.6 Å². The van der Waals surface area contributed by atoms with Crippen LogP contribution in [0.1, 0.15) is 17.9 Å². The van der Waals surface area contributed by atoms with E-state index < -0.39 is 17.8 Å². The van der Waals surface area contributed by atoms with Gasteiger partial charge in [0.05, 0.1) is 17.3 Å². The van der Waals surface area contributed by atoms with Gasteiger partial charge in [0, 0.05) is 11.4 Å². The van der Waals surface area contributed by atoms with Crippen LogP contribution in [0.15, 0.2) is 61.2 Å². The van der Waals surface area contributed by atoms with Gasteiger partial charge in [-0.25, -0.2) is 9.67 Å². The average molecular weight is 371 g/mol. The molecular formula is C18H15ClN4O3. The third-order valence-electron chi connectivity index (χ3n) is 3.79. The highest BCUT2D eigenvalue weighted by atomic mass is 35.5. The lowest BCUT2D eigenvalue weighted by molar-refractivity contribution is -0.140. The van der Waals surface area contributed by atoms with Crippen molar-refractivity contribution in [3.05, 3.63) is 71.8 Å². The first-order valence-corrected chi connectivity index (χ1v) is 8.14. The molecule has 132 valence electrons. The minimum atomic E-state index is -1.06. The molecular weight excluding hydrogens is 356 g/mol. The number of aromatic nitrogens is 3. The largest absolute Gasteiger partial charge is 0.481 e. The van der Waals surface area contributed by atoms with E-state index in [1.807, 2.05) is 0 Å². The summed E-state index contributed by atoms with van der Waals surface area (Å²) >= 11 is 6.02. The minimum absolute atomic E-state index is 0.206. The number of hydrogen-bond acceptors (Lipinski definition) is 4. The highest BCUT2D eigenvalue weighted by molar-refractivity contribution is 6.31. The maximum Gasteiger partial charge on any atom is 0.311 e. The molecule has 0 bridgehead atoms. The molecule has 8 heteroatoms. The van der Waals surface area contributed by atoms with Crippen LogP contribution in [-0.4, -0.2) is 31.7 Å². The molecule has 0 saturated carbocycles. The predicted octanol–water partition coefficient (Wildman–Crippen LogP) is 3.12. The number of hydrogen-bond donors (Lipinski definition) is 2. The zero-order valence-electron chi connectivity index (χ0n) is 13.5. The number of aliphatic carboxylic acids is 1. The average Bonchev–Trinajstić information content (AvgIpc) is 3.15. The summed E-state index contributed by atoms with van der Waals surface area (Å²) in [6.07, 6.45) is 2.65. The first kappa shape index (κ1) is 17.6. The summed E-state index contributed by atoms with van der Waals surface area (Å²) in [6, 6.07) is 13.6. The highest BCUT2D eigenvalue weighted by Crippen LogP contribution is 2.26. The minimum Gasteiger partial charge on any atom is -0.481 e. The summed E-state index contributed by atoms with van der Waals surface area (Å²) in [5, 5.41) is 16.7. The lowest BCUT2D eigenvalue weighted by atomic mass is 9.95. The quantitative estimate of drug-likeness (QED) is 0.694. The van der Waals surface area contributed by atoms with Crippen molar-refractivity contribution in [2.45, 2.75) is 12.3 Å². The van der Waals surface area contributed by atoms with Gasteiger partial charge in [0.15, 0.2) is 0 Å². The molecule has 3 aromatic rings. The topological polar surface area (TPSA) is 97.1 Å². The van der Waals surface area contributed by atoms with Crippen molar-refractivity contribution in [1.29, 1.82) is 0 Å². The van der Waals surface area contributed by atoms with Crippen LogP contribution in [0.25, 0.3) is 5.69 Å². The number of nitrogens with one attached hydrogen (secondary N) is 1. The van der Waals surface area contributed by atoms with E-state index in [0.29, 0.717) is 22.0 Å². The fourth-order valence-corrected chi connectivity index (χ4v) is 2.73. The van der Waals surface area contributed by atoms with Crippen molar-refractivity contribution in [2.75, 3.05) is 5.32 Å². The van der Waals surface area contributed by atoms with Gasteiger partial charge >= 0.3 is 5.97 Å². The van der Waals surface area contributed by atoms with Gasteiger partial charge in [0.1, 0.15) is 12.7 Å². The first-order valence-electron chi connectivity index (χ1n) is 7.77. The Kier molecular flexibility index (Phi) is 5.28. The van der Waals surface area contributed by atoms with E-state index in [1.165, 1.54) is 17.3 Å². The molecule has 7 nitrogen and oxygen atoms in total. The second-order valence-electron chi connectivity index (χ2n) is 5.56. The Hall–Kier alpha value is -3.19. The van der Waals surface area contributed by atoms with Crippen LogP contribution >= 0.6 is 11.6 Å². The van der Waals surface area contributed by atoms with Crippen LogP contribution in [0.3, 0.4) is 0 Å². The standard InChI is InChI=1S/C18H15ClN4O3/c19-13-6-7-16(23-11-20-10-21-23)15(8-13)22-17(24)9-14(18(25)26)12-4-2-1-3-5-12/h1-8,10-11,14H,9H2,(H,22,24)(H,25,26). The van der Waals surface area contributed by atoms with Crippen molar-refractivity contribution in [1.82, 2.24) is 14.8 Å². The number of carbonyl (C=O) groups is 2. The summed E-state index contributed by atoms with van der Waals surface area (Å²) in [5.41, 5.74) is 1.56. The number of carboxylic acid groups (broad SMARTS) is 1. The number of halogens is 1. The van der Waals surface area contributed by atoms with Crippen LogP contribution < -0.4 is 5.32 Å². The molecule has 1 unspecified atom stereocenters. The first-order chi connectivity index (χ1) is 12.5. The zero-order valence-corrected chi connectivity index (χ0v) is 14.3. The van der Waals surface area contributed by atoms with E-state index >= 15 is 0 Å². The van der Waals surface area contributed by atoms with E-state index in [9.17, 15) is 14.7 Å². The maximum atomic E-state index is 12.5. The molecule has 1 heterocycles. The number of rotatable bonds is 6. The van der Waals surface area contributed by atoms with Crippen LogP contribution in [0.4, 0.5) is 5.69 Å². The van der Waals surface area contributed by atoms with Gasteiger partial charge in [-0.3, -0.25) is 9.59 Å². The number of carbonyl (C=O) groups excluding carboxylic acids is 1. The summed E-state index contributed by atoms with van der Waals surface area (Å²) in [4.78, 5) is 27.9. The van der Waals surface area contributed by atoms with Crippen molar-refractivity contribution in [3.63, 3.8) is 0 Å². The Bertz CT molecular complexity index is 913. The van der Waals surface area contributed by atoms with Crippen LogP contribution in [0.5, 0.6) is 0 Å². The second kappa shape index (κ2) is 7.79. The Morgan fingerprint density at radius 3 is 2.62 bits per heavy atom. The number of carboxylic acids is 1. The fraction of sp³-hybridized carbons (Fsp3) is 0.111. The molecule has 0 saturated heterocycles. The predicted molar refractivity (Wildman–Crippen MR) is 96.4 cm³/mol. The van der Waals surface area contributed by atoms with Gasteiger partial charge in [-0.1, -0.05) is 41.9 Å². The summed E-state index contributed by atoms with van der Waals surface area (Å²) in [6.45, 7) is 0. The smallest absolute Gasteiger partial charge is 0.311 e. The van der Waals surface area contributed by atoms with E-state index in [-0.39, 0.29) is 6.42 Å². The van der Waals surface area contributed by atoms with Gasteiger partial charge in [0.2, 0.25) is 5.91 Å². The van der Waals surface area contributed by atoms with Gasteiger partial charge in [-0.2, -0.15) is 5.10 Å². The van der Waals surface area contributed by atoms with Crippen LogP contribution in [-0.2, 0) is 9.59 Å². The Morgan fingerprint density at radius 1 is 1.19 bits per heavy atom. The SMILES string of the molecule is O=C(CC(C(=O)O)c1ccccc1)Nc1cc(Cl)ccc1-n1cncn1. The second-order valence-corrected chi connectivity index (χ2v) is 5.99. The molecule has 0 spiro atoms. The van der Waals surface area contributed by atoms with Crippen molar-refractivity contribution < 1.29 is 14.7 Å². The summed E-state index contributed by atoms with van der Waals surface area (Å²) in [7, 11) is 0. The van der Waals surface area contributed by atoms with Gasteiger partial charge in [0.25, 0.3) is 0 Å². The van der Waals surface area contributed by atoms with Crippen LogP contribution in [0.2, 0.25) is 5.02 Å². The fourth-order valence-electron chi connectivity index (χ4n) is 2.56. The Labute approximate surface area is 154 Å². The van der Waals surface area contributed by atoms with Crippen molar-refractivity contribution in [2.24, 2.45) is 0 Å². The monoisotopic (exact) mass is 370 g/mol. The highest BCUT2D eigenvalue weighted by Gasteiger charge is 2.23. The third kappa shape index (κ3) is 4.07. The van der Waals surface area contributed by atoms with Gasteiger partial charge < -0.3 is 10.4 Å². The third-order valence-corrected chi connectivity index (χ3v) is 4.02. The maximum absolute atomic E-state index is 12.5. The zero-order chi connectivity index (χ0) is 18.5. The van der Waals surface area contributed by atoms with E-state index in [1.54, 1.807) is 48.5 Å².